The van der Waals surface area contributed by atoms with E-state index in [-0.39, 0.29) is 29.8 Å². The molecule has 1 aromatic carbocycles. The molecule has 2 N–H and O–H groups in total. The third kappa shape index (κ3) is 3.66. The van der Waals surface area contributed by atoms with Gasteiger partial charge in [0.05, 0.1) is 5.69 Å². The lowest BCUT2D eigenvalue weighted by Gasteiger charge is -2.17. The Hall–Kier alpha value is -2.96. The first-order valence-electron chi connectivity index (χ1n) is 8.62. The summed E-state index contributed by atoms with van der Waals surface area (Å²) in [6.07, 6.45) is 4.15. The lowest BCUT2D eigenvalue weighted by Crippen LogP contribution is -2.28. The summed E-state index contributed by atoms with van der Waals surface area (Å²) in [5.74, 6) is -0.912. The molecule has 26 heavy (non-hydrogen) atoms. The zero-order valence-electron chi connectivity index (χ0n) is 14.4. The van der Waals surface area contributed by atoms with Crippen molar-refractivity contribution < 1.29 is 14.0 Å². The number of nitrogens with one attached hydrogen (secondary N) is 2. The third-order valence-corrected chi connectivity index (χ3v) is 4.34. The number of hydrogen-bond acceptors (Lipinski definition) is 3. The van der Waals surface area contributed by atoms with E-state index in [0.29, 0.717) is 25.1 Å². The molecule has 1 aliphatic rings. The molecule has 2 heterocycles. The van der Waals surface area contributed by atoms with Crippen molar-refractivity contribution in [2.75, 3.05) is 6.54 Å². The number of rotatable bonds is 6. The second-order valence-electron chi connectivity index (χ2n) is 6.11. The van der Waals surface area contributed by atoms with Gasteiger partial charge in [-0.15, -0.1) is 6.58 Å². The van der Waals surface area contributed by atoms with Crippen LogP contribution in [-0.4, -0.2) is 27.9 Å². The summed E-state index contributed by atoms with van der Waals surface area (Å²) in [5, 5.41) is 5.39. The molecule has 6 nitrogen and oxygen atoms in total. The maximum absolute atomic E-state index is 13.7. The summed E-state index contributed by atoms with van der Waals surface area (Å²) >= 11 is 0. The molecular weight excluding hydrogens is 335 g/mol. The fourth-order valence-electron chi connectivity index (χ4n) is 3.04. The van der Waals surface area contributed by atoms with Gasteiger partial charge in [0.1, 0.15) is 11.5 Å². The molecule has 2 aromatic rings. The van der Waals surface area contributed by atoms with Gasteiger partial charge in [-0.25, -0.2) is 9.37 Å². The van der Waals surface area contributed by atoms with Gasteiger partial charge in [-0.1, -0.05) is 24.3 Å². The van der Waals surface area contributed by atoms with E-state index in [1.165, 1.54) is 6.07 Å². The van der Waals surface area contributed by atoms with Gasteiger partial charge in [-0.2, -0.15) is 0 Å². The number of fused-ring (bicyclic) bond motifs is 1. The van der Waals surface area contributed by atoms with Gasteiger partial charge >= 0.3 is 0 Å². The van der Waals surface area contributed by atoms with Crippen LogP contribution >= 0.6 is 0 Å². The fourth-order valence-corrected chi connectivity index (χ4v) is 3.04. The minimum atomic E-state index is -0.417. The Kier molecular flexibility index (Phi) is 5.46. The highest BCUT2D eigenvalue weighted by molar-refractivity contribution is 5.97. The molecule has 0 saturated carbocycles. The van der Waals surface area contributed by atoms with Crippen molar-refractivity contribution in [1.29, 1.82) is 0 Å². The van der Waals surface area contributed by atoms with Gasteiger partial charge in [-0.05, 0) is 25.3 Å². The van der Waals surface area contributed by atoms with Crippen LogP contribution < -0.4 is 10.6 Å². The zero-order chi connectivity index (χ0) is 18.5. The van der Waals surface area contributed by atoms with E-state index < -0.39 is 5.91 Å². The van der Waals surface area contributed by atoms with Crippen molar-refractivity contribution >= 4 is 11.8 Å². The average molecular weight is 356 g/mol. The van der Waals surface area contributed by atoms with Crippen molar-refractivity contribution in [2.24, 2.45) is 0 Å². The van der Waals surface area contributed by atoms with Crippen LogP contribution in [0.15, 0.2) is 36.9 Å². The van der Waals surface area contributed by atoms with Gasteiger partial charge in [0, 0.05) is 25.2 Å². The summed E-state index contributed by atoms with van der Waals surface area (Å²) in [5.41, 5.74) is 1.45. The van der Waals surface area contributed by atoms with Crippen molar-refractivity contribution in [3.05, 3.63) is 65.5 Å². The van der Waals surface area contributed by atoms with Crippen LogP contribution in [0.2, 0.25) is 0 Å². The van der Waals surface area contributed by atoms with Crippen molar-refractivity contribution in [1.82, 2.24) is 20.2 Å². The number of nitrogens with zero attached hydrogens (tertiary/aromatic N) is 2. The normalized spacial score (nSPS) is 13.0. The smallest absolute Gasteiger partial charge is 0.287 e. The van der Waals surface area contributed by atoms with Gasteiger partial charge in [0.25, 0.3) is 11.8 Å². The Labute approximate surface area is 151 Å². The van der Waals surface area contributed by atoms with Crippen LogP contribution in [0.1, 0.15) is 45.2 Å². The van der Waals surface area contributed by atoms with E-state index in [1.807, 2.05) is 0 Å². The number of carbonyl (C=O) groups is 2. The van der Waals surface area contributed by atoms with E-state index in [0.717, 1.165) is 18.5 Å². The Balaban J connectivity index is 1.81. The predicted octanol–water partition coefficient (Wildman–Crippen LogP) is 2.20. The minimum Gasteiger partial charge on any atom is -0.347 e. The number of halogens is 1. The number of carbonyl (C=O) groups excluding carboxylic acids is 2. The quantitative estimate of drug-likeness (QED) is 0.779. The molecule has 0 aliphatic carbocycles. The van der Waals surface area contributed by atoms with Gasteiger partial charge < -0.3 is 15.2 Å². The third-order valence-electron chi connectivity index (χ3n) is 4.34. The largest absolute Gasteiger partial charge is 0.347 e. The van der Waals surface area contributed by atoms with Gasteiger partial charge in [0.15, 0.2) is 5.82 Å². The van der Waals surface area contributed by atoms with E-state index in [9.17, 15) is 14.0 Å². The molecular formula is C19H21FN4O2. The molecule has 1 aromatic heterocycles. The molecule has 0 bridgehead atoms. The second-order valence-corrected chi connectivity index (χ2v) is 6.11. The molecule has 0 saturated heterocycles. The summed E-state index contributed by atoms with van der Waals surface area (Å²) in [6.45, 7) is 4.61. The number of benzene rings is 1. The standard InChI is InChI=1S/C19H21FN4O2/c1-2-10-21-18(25)16-15-9-5-6-11-24(15)17(23-16)19(26)22-12-13-7-3-4-8-14(13)20/h2-4,7-8H,1,5-6,9-12H2,(H,21,25)(H,22,26). The molecule has 0 radical (unpaired) electrons. The Morgan fingerprint density at radius 3 is 2.81 bits per heavy atom. The number of amides is 2. The maximum atomic E-state index is 13.7. The molecule has 0 atom stereocenters. The highest BCUT2D eigenvalue weighted by Crippen LogP contribution is 2.21. The predicted molar refractivity (Wildman–Crippen MR) is 95.3 cm³/mol. The van der Waals surface area contributed by atoms with Crippen molar-refractivity contribution in [3.63, 3.8) is 0 Å². The molecule has 2 amide bonds. The van der Waals surface area contributed by atoms with Crippen LogP contribution in [0.4, 0.5) is 4.39 Å². The molecule has 136 valence electrons. The van der Waals surface area contributed by atoms with Crippen molar-refractivity contribution in [2.45, 2.75) is 32.4 Å². The molecule has 0 unspecified atom stereocenters. The van der Waals surface area contributed by atoms with Gasteiger partial charge in [0.2, 0.25) is 0 Å². The number of hydrogen-bond donors (Lipinski definition) is 2. The first kappa shape index (κ1) is 17.8. The Bertz CT molecular complexity index is 844. The number of aromatic nitrogens is 2. The number of imidazole rings is 1. The van der Waals surface area contributed by atoms with E-state index in [1.54, 1.807) is 28.8 Å². The first-order valence-corrected chi connectivity index (χ1v) is 8.62. The fraction of sp³-hybridized carbons (Fsp3) is 0.316. The van der Waals surface area contributed by atoms with E-state index in [4.69, 9.17) is 0 Å². The first-order chi connectivity index (χ1) is 12.6. The SMILES string of the molecule is C=CCNC(=O)c1nc(C(=O)NCc2ccccc2F)n2c1CCCC2. The lowest BCUT2D eigenvalue weighted by atomic mass is 10.1. The topological polar surface area (TPSA) is 76.0 Å². The summed E-state index contributed by atoms with van der Waals surface area (Å²) in [7, 11) is 0. The zero-order valence-corrected chi connectivity index (χ0v) is 14.4. The van der Waals surface area contributed by atoms with Crippen LogP contribution in [0.25, 0.3) is 0 Å². The highest BCUT2D eigenvalue weighted by Gasteiger charge is 2.27. The average Bonchev–Trinajstić information content (AvgIpc) is 3.05. The summed E-state index contributed by atoms with van der Waals surface area (Å²) in [4.78, 5) is 29.2. The van der Waals surface area contributed by atoms with Crippen LogP contribution in [0.5, 0.6) is 0 Å². The van der Waals surface area contributed by atoms with E-state index in [2.05, 4.69) is 22.2 Å². The van der Waals surface area contributed by atoms with Gasteiger partial charge in [-0.3, -0.25) is 9.59 Å². The highest BCUT2D eigenvalue weighted by atomic mass is 19.1. The minimum absolute atomic E-state index is 0.0612. The molecule has 3 rings (SSSR count). The Morgan fingerprint density at radius 1 is 1.23 bits per heavy atom. The summed E-state index contributed by atoms with van der Waals surface area (Å²) in [6, 6.07) is 6.27. The molecule has 0 spiro atoms. The van der Waals surface area contributed by atoms with Crippen LogP contribution in [0.3, 0.4) is 0 Å². The second kappa shape index (κ2) is 7.95. The van der Waals surface area contributed by atoms with Crippen molar-refractivity contribution in [3.8, 4) is 0 Å². The maximum Gasteiger partial charge on any atom is 0.287 e. The molecule has 1 aliphatic heterocycles. The van der Waals surface area contributed by atoms with Crippen LogP contribution in [0, 0.1) is 5.82 Å². The van der Waals surface area contributed by atoms with E-state index >= 15 is 0 Å². The summed E-state index contributed by atoms with van der Waals surface area (Å²) < 4.78 is 15.5. The Morgan fingerprint density at radius 2 is 2.04 bits per heavy atom. The monoisotopic (exact) mass is 356 g/mol. The molecule has 0 fully saturated rings. The molecule has 7 heteroatoms. The lowest BCUT2D eigenvalue weighted by molar-refractivity contribution is 0.0934. The van der Waals surface area contributed by atoms with Crippen LogP contribution in [-0.2, 0) is 19.5 Å².